The molecule has 0 aromatic heterocycles. The van der Waals surface area contributed by atoms with Gasteiger partial charge in [-0.15, -0.1) is 0 Å². The van der Waals surface area contributed by atoms with Crippen molar-refractivity contribution in [2.75, 3.05) is 13.6 Å². The molecule has 0 spiro atoms. The van der Waals surface area contributed by atoms with Crippen molar-refractivity contribution < 1.29 is 9.18 Å². The number of nitrogens with zero attached hydrogens (tertiary/aromatic N) is 1. The Kier molecular flexibility index (Phi) is 10.1. The summed E-state index contributed by atoms with van der Waals surface area (Å²) in [5.74, 6) is 0.00737. The fourth-order valence-electron chi connectivity index (χ4n) is 2.70. The zero-order valence-electron chi connectivity index (χ0n) is 17.8. The Bertz CT molecular complexity index is 599. The van der Waals surface area contributed by atoms with Crippen molar-refractivity contribution in [1.82, 2.24) is 10.2 Å². The number of halogens is 1. The lowest BCUT2D eigenvalue weighted by molar-refractivity contribution is -0.117. The van der Waals surface area contributed by atoms with Crippen LogP contribution < -0.4 is 5.32 Å². The highest BCUT2D eigenvalue weighted by atomic mass is 19.1. The van der Waals surface area contributed by atoms with Crippen molar-refractivity contribution >= 4 is 5.91 Å². The zero-order valence-corrected chi connectivity index (χ0v) is 17.8. The monoisotopic (exact) mass is 376 g/mol. The number of nitrogens with one attached hydrogen (secondary N) is 1. The van der Waals surface area contributed by atoms with Gasteiger partial charge in [0, 0.05) is 19.6 Å². The molecule has 1 aliphatic rings. The van der Waals surface area contributed by atoms with E-state index in [-0.39, 0.29) is 17.5 Å². The lowest BCUT2D eigenvalue weighted by atomic mass is 9.99. The third-order valence-corrected chi connectivity index (χ3v) is 4.99. The summed E-state index contributed by atoms with van der Waals surface area (Å²) in [4.78, 5) is 14.6. The second kappa shape index (κ2) is 11.8. The van der Waals surface area contributed by atoms with E-state index < -0.39 is 5.83 Å². The van der Waals surface area contributed by atoms with E-state index in [0.717, 1.165) is 37.2 Å². The first-order chi connectivity index (χ1) is 12.8. The Hall–Kier alpha value is -1.84. The normalized spacial score (nSPS) is 16.9. The SMILES string of the molecule is C=C(CCC)/C(C)=C(F)/C(=C\C(C)N(C)C=CCC1CC1)C(=O)NCCC. The molecule has 1 saturated carbocycles. The minimum Gasteiger partial charge on any atom is -0.375 e. The number of hydrogen-bond acceptors (Lipinski definition) is 2. The molecule has 1 N–H and O–H groups in total. The first-order valence-corrected chi connectivity index (χ1v) is 10.2. The van der Waals surface area contributed by atoms with Gasteiger partial charge < -0.3 is 10.2 Å². The summed E-state index contributed by atoms with van der Waals surface area (Å²) in [6, 6.07) is -0.0965. The molecule has 1 atom stereocenters. The summed E-state index contributed by atoms with van der Waals surface area (Å²) < 4.78 is 15.2. The molecule has 0 saturated heterocycles. The molecule has 0 aromatic rings. The summed E-state index contributed by atoms with van der Waals surface area (Å²) in [5.41, 5.74) is 1.32. The molecule has 0 aliphatic heterocycles. The highest BCUT2D eigenvalue weighted by Crippen LogP contribution is 2.32. The number of rotatable bonds is 12. The molecular formula is C23H37FN2O. The quantitative estimate of drug-likeness (QED) is 0.351. The van der Waals surface area contributed by atoms with Crippen molar-refractivity contribution in [2.24, 2.45) is 5.92 Å². The number of allylic oxidation sites excluding steroid dienone is 3. The zero-order chi connectivity index (χ0) is 20.4. The minimum atomic E-state index is -0.468. The van der Waals surface area contributed by atoms with E-state index in [1.807, 2.05) is 38.9 Å². The summed E-state index contributed by atoms with van der Waals surface area (Å²) in [6.45, 7) is 12.2. The molecule has 0 bridgehead atoms. The van der Waals surface area contributed by atoms with E-state index >= 15 is 4.39 Å². The molecule has 1 rings (SSSR count). The van der Waals surface area contributed by atoms with Gasteiger partial charge in [-0.25, -0.2) is 4.39 Å². The smallest absolute Gasteiger partial charge is 0.254 e. The Labute approximate surface area is 165 Å². The molecule has 0 radical (unpaired) electrons. The van der Waals surface area contributed by atoms with Gasteiger partial charge in [-0.2, -0.15) is 0 Å². The topological polar surface area (TPSA) is 32.3 Å². The van der Waals surface area contributed by atoms with E-state index in [9.17, 15) is 4.79 Å². The molecule has 152 valence electrons. The van der Waals surface area contributed by atoms with Crippen LogP contribution in [0.25, 0.3) is 0 Å². The second-order valence-electron chi connectivity index (χ2n) is 7.60. The van der Waals surface area contributed by atoms with Crippen LogP contribution in [0.4, 0.5) is 4.39 Å². The molecular weight excluding hydrogens is 339 g/mol. The number of carbonyl (C=O) groups is 1. The highest BCUT2D eigenvalue weighted by Gasteiger charge is 2.21. The first kappa shape index (κ1) is 23.2. The van der Waals surface area contributed by atoms with Gasteiger partial charge in [0.25, 0.3) is 5.91 Å². The van der Waals surface area contributed by atoms with Crippen molar-refractivity contribution in [2.45, 2.75) is 72.3 Å². The van der Waals surface area contributed by atoms with Gasteiger partial charge in [0.1, 0.15) is 5.83 Å². The predicted molar refractivity (Wildman–Crippen MR) is 113 cm³/mol. The average molecular weight is 377 g/mol. The molecule has 1 fully saturated rings. The Morgan fingerprint density at radius 1 is 1.33 bits per heavy atom. The van der Waals surface area contributed by atoms with Crippen LogP contribution in [0.15, 0.2) is 47.5 Å². The van der Waals surface area contributed by atoms with Gasteiger partial charge >= 0.3 is 0 Å². The van der Waals surface area contributed by atoms with Crippen molar-refractivity contribution in [1.29, 1.82) is 0 Å². The van der Waals surface area contributed by atoms with Crippen LogP contribution in [0.5, 0.6) is 0 Å². The summed E-state index contributed by atoms with van der Waals surface area (Å²) in [6.07, 6.45) is 12.1. The van der Waals surface area contributed by atoms with Crippen LogP contribution in [0.1, 0.15) is 66.2 Å². The Balaban J connectivity index is 3.01. The van der Waals surface area contributed by atoms with E-state index in [2.05, 4.69) is 18.0 Å². The fourth-order valence-corrected chi connectivity index (χ4v) is 2.70. The lowest BCUT2D eigenvalue weighted by Crippen LogP contribution is -2.29. The first-order valence-electron chi connectivity index (χ1n) is 10.2. The maximum Gasteiger partial charge on any atom is 0.254 e. The molecule has 0 aromatic carbocycles. The number of hydrogen-bond donors (Lipinski definition) is 1. The second-order valence-corrected chi connectivity index (χ2v) is 7.60. The van der Waals surface area contributed by atoms with Crippen LogP contribution >= 0.6 is 0 Å². The molecule has 27 heavy (non-hydrogen) atoms. The fraction of sp³-hybridized carbons (Fsp3) is 0.609. The van der Waals surface area contributed by atoms with Crippen LogP contribution in [-0.4, -0.2) is 30.4 Å². The van der Waals surface area contributed by atoms with Crippen molar-refractivity contribution in [3.8, 4) is 0 Å². The van der Waals surface area contributed by atoms with Gasteiger partial charge in [0.2, 0.25) is 0 Å². The molecule has 1 unspecified atom stereocenters. The summed E-state index contributed by atoms with van der Waals surface area (Å²) >= 11 is 0. The van der Waals surface area contributed by atoms with Gasteiger partial charge in [-0.3, -0.25) is 4.79 Å². The van der Waals surface area contributed by atoms with Crippen LogP contribution in [0.2, 0.25) is 0 Å². The summed E-state index contributed by atoms with van der Waals surface area (Å²) in [5, 5.41) is 2.80. The molecule has 1 amide bonds. The predicted octanol–water partition coefficient (Wildman–Crippen LogP) is 5.67. The summed E-state index contributed by atoms with van der Waals surface area (Å²) in [7, 11) is 1.95. The van der Waals surface area contributed by atoms with Crippen molar-refractivity contribution in [3.63, 3.8) is 0 Å². The Morgan fingerprint density at radius 2 is 2.00 bits per heavy atom. The highest BCUT2D eigenvalue weighted by molar-refractivity contribution is 5.97. The largest absolute Gasteiger partial charge is 0.375 e. The van der Waals surface area contributed by atoms with Crippen LogP contribution in [-0.2, 0) is 4.79 Å². The molecule has 1 aliphatic carbocycles. The molecule has 4 heteroatoms. The van der Waals surface area contributed by atoms with Gasteiger partial charge in [-0.05, 0) is 75.3 Å². The molecule has 0 heterocycles. The van der Waals surface area contributed by atoms with Crippen LogP contribution in [0, 0.1) is 5.92 Å². The number of amides is 1. The standard InChI is InChI=1S/C23H37FN2O/c1-7-10-17(3)19(5)22(24)21(23(27)25-14-8-2)16-18(4)26(6)15-9-11-20-12-13-20/h9,15-16,18,20H,3,7-8,10-14H2,1-2,4-6H3,(H,25,27)/b15-9?,21-16+,22-19-. The van der Waals surface area contributed by atoms with Gasteiger partial charge in [0.05, 0.1) is 5.57 Å². The maximum absolute atomic E-state index is 15.2. The van der Waals surface area contributed by atoms with E-state index in [1.54, 1.807) is 13.0 Å². The van der Waals surface area contributed by atoms with E-state index in [1.165, 1.54) is 12.8 Å². The third-order valence-electron chi connectivity index (χ3n) is 4.99. The maximum atomic E-state index is 15.2. The molecule has 3 nitrogen and oxygen atoms in total. The van der Waals surface area contributed by atoms with Crippen molar-refractivity contribution in [3.05, 3.63) is 47.5 Å². The lowest BCUT2D eigenvalue weighted by Gasteiger charge is -2.21. The van der Waals surface area contributed by atoms with Gasteiger partial charge in [-0.1, -0.05) is 32.9 Å². The number of likely N-dealkylation sites (N-methyl/N-ethyl adjacent to an activating group) is 1. The van der Waals surface area contributed by atoms with Crippen LogP contribution in [0.3, 0.4) is 0 Å². The van der Waals surface area contributed by atoms with E-state index in [0.29, 0.717) is 12.1 Å². The van der Waals surface area contributed by atoms with E-state index in [4.69, 9.17) is 0 Å². The van der Waals surface area contributed by atoms with Gasteiger partial charge in [0.15, 0.2) is 0 Å². The Morgan fingerprint density at radius 3 is 2.56 bits per heavy atom. The third kappa shape index (κ3) is 8.15. The average Bonchev–Trinajstić information content (AvgIpc) is 3.47. The number of carbonyl (C=O) groups excluding carboxylic acids is 1. The minimum absolute atomic E-state index is 0.0965.